The van der Waals surface area contributed by atoms with Gasteiger partial charge < -0.3 is 5.32 Å². The molecule has 1 amide bonds. The molecule has 0 unspecified atom stereocenters. The molecule has 2 heterocycles. The third-order valence-corrected chi connectivity index (χ3v) is 6.55. The van der Waals surface area contributed by atoms with E-state index in [9.17, 15) is 20.2 Å². The van der Waals surface area contributed by atoms with Crippen LogP contribution in [0.4, 0.5) is 10.7 Å². The highest BCUT2D eigenvalue weighted by molar-refractivity contribution is 7.16. The number of nitrogens with zero attached hydrogens (tertiary/aromatic N) is 4. The topological polar surface area (TPSA) is 114 Å². The Balaban J connectivity index is 1.89. The Hall–Kier alpha value is -2.73. The van der Waals surface area contributed by atoms with E-state index in [1.807, 2.05) is 0 Å². The summed E-state index contributed by atoms with van der Waals surface area (Å²) in [6.07, 6.45) is 12.2. The number of carbonyl (C=O) groups is 1. The summed E-state index contributed by atoms with van der Waals surface area (Å²) in [5, 5.41) is 28.0. The number of amides is 1. The predicted octanol–water partition coefficient (Wildman–Crippen LogP) is 4.73. The minimum atomic E-state index is -0.625. The zero-order valence-corrected chi connectivity index (χ0v) is 17.4. The van der Waals surface area contributed by atoms with Crippen molar-refractivity contribution in [2.45, 2.75) is 64.2 Å². The molecule has 2 aromatic rings. The van der Waals surface area contributed by atoms with Gasteiger partial charge in [-0.2, -0.15) is 10.4 Å². The van der Waals surface area contributed by atoms with Crippen LogP contribution in [0.15, 0.2) is 6.20 Å². The molecular formula is C20H25N5O3S. The van der Waals surface area contributed by atoms with Crippen LogP contribution in [0.3, 0.4) is 0 Å². The summed E-state index contributed by atoms with van der Waals surface area (Å²) in [6.45, 7) is 0. The van der Waals surface area contributed by atoms with Gasteiger partial charge >= 0.3 is 5.69 Å². The van der Waals surface area contributed by atoms with Crippen LogP contribution >= 0.6 is 11.3 Å². The molecule has 8 nitrogen and oxygen atoms in total. The smallest absolute Gasteiger partial charge is 0.311 e. The molecule has 3 rings (SSSR count). The van der Waals surface area contributed by atoms with Gasteiger partial charge in [-0.05, 0) is 31.2 Å². The second-order valence-corrected chi connectivity index (χ2v) is 8.47. The lowest BCUT2D eigenvalue weighted by atomic mass is 9.98. The molecule has 1 aliphatic carbocycles. The molecule has 0 aliphatic heterocycles. The van der Waals surface area contributed by atoms with E-state index >= 15 is 0 Å². The zero-order valence-electron chi connectivity index (χ0n) is 16.6. The third-order valence-electron chi connectivity index (χ3n) is 5.34. The van der Waals surface area contributed by atoms with Crippen LogP contribution in [0, 0.1) is 21.4 Å². The van der Waals surface area contributed by atoms with Crippen molar-refractivity contribution in [1.82, 2.24) is 9.78 Å². The van der Waals surface area contributed by atoms with Gasteiger partial charge in [0.25, 0.3) is 5.91 Å². The summed E-state index contributed by atoms with van der Waals surface area (Å²) in [5.74, 6) is -0.620. The van der Waals surface area contributed by atoms with Crippen molar-refractivity contribution in [2.75, 3.05) is 5.32 Å². The highest BCUT2D eigenvalue weighted by Gasteiger charge is 2.27. The van der Waals surface area contributed by atoms with Gasteiger partial charge in [0.05, 0.1) is 10.5 Å². The van der Waals surface area contributed by atoms with Crippen molar-refractivity contribution in [3.63, 3.8) is 0 Å². The van der Waals surface area contributed by atoms with Crippen LogP contribution in [-0.4, -0.2) is 20.6 Å². The largest absolute Gasteiger partial charge is 0.320 e. The van der Waals surface area contributed by atoms with Crippen LogP contribution < -0.4 is 5.32 Å². The number of nitrogens with one attached hydrogen (secondary N) is 1. The lowest BCUT2D eigenvalue weighted by Crippen LogP contribution is -2.17. The molecule has 9 heteroatoms. The summed E-state index contributed by atoms with van der Waals surface area (Å²) in [7, 11) is 1.49. The lowest BCUT2D eigenvalue weighted by molar-refractivity contribution is -0.385. The Morgan fingerprint density at radius 3 is 2.45 bits per heavy atom. The molecule has 0 spiro atoms. The van der Waals surface area contributed by atoms with Crippen molar-refractivity contribution >= 4 is 27.9 Å². The molecule has 0 fully saturated rings. The highest BCUT2D eigenvalue weighted by atomic mass is 32.1. The molecule has 0 aromatic carbocycles. The molecule has 29 heavy (non-hydrogen) atoms. The number of thiophene rings is 1. The molecule has 1 N–H and O–H groups in total. The number of fused-ring (bicyclic) bond motifs is 1. The van der Waals surface area contributed by atoms with E-state index in [-0.39, 0.29) is 11.4 Å². The number of rotatable bonds is 3. The maximum atomic E-state index is 12.8. The van der Waals surface area contributed by atoms with Gasteiger partial charge in [0.2, 0.25) is 5.69 Å². The normalized spacial score (nSPS) is 15.4. The van der Waals surface area contributed by atoms with Crippen LogP contribution in [0.2, 0.25) is 0 Å². The van der Waals surface area contributed by atoms with Crippen molar-refractivity contribution in [3.8, 4) is 6.07 Å². The number of nitro groups is 1. The predicted molar refractivity (Wildman–Crippen MR) is 111 cm³/mol. The van der Waals surface area contributed by atoms with E-state index < -0.39 is 10.8 Å². The first-order valence-electron chi connectivity index (χ1n) is 10.0. The minimum Gasteiger partial charge on any atom is -0.311 e. The Kier molecular flexibility index (Phi) is 6.99. The summed E-state index contributed by atoms with van der Waals surface area (Å²) in [6, 6.07) is 2.26. The fourth-order valence-electron chi connectivity index (χ4n) is 3.82. The summed E-state index contributed by atoms with van der Waals surface area (Å²) in [4.78, 5) is 24.5. The average molecular weight is 416 g/mol. The van der Waals surface area contributed by atoms with Gasteiger partial charge in [-0.1, -0.05) is 38.5 Å². The Morgan fingerprint density at radius 2 is 1.83 bits per heavy atom. The lowest BCUT2D eigenvalue weighted by Gasteiger charge is -2.08. The van der Waals surface area contributed by atoms with Crippen LogP contribution in [0.1, 0.15) is 77.9 Å². The van der Waals surface area contributed by atoms with Crippen molar-refractivity contribution in [2.24, 2.45) is 7.05 Å². The van der Waals surface area contributed by atoms with E-state index in [1.165, 1.54) is 55.2 Å². The quantitative estimate of drug-likeness (QED) is 0.575. The maximum absolute atomic E-state index is 12.8. The molecule has 154 valence electrons. The number of aromatic nitrogens is 2. The molecule has 0 bridgehead atoms. The summed E-state index contributed by atoms with van der Waals surface area (Å²) < 4.78 is 1.18. The Labute approximate surface area is 173 Å². The molecule has 0 atom stereocenters. The second-order valence-electron chi connectivity index (χ2n) is 7.36. The summed E-state index contributed by atoms with van der Waals surface area (Å²) >= 11 is 1.43. The molecule has 0 saturated heterocycles. The highest BCUT2D eigenvalue weighted by Crippen LogP contribution is 2.36. The van der Waals surface area contributed by atoms with Gasteiger partial charge in [0, 0.05) is 11.9 Å². The molecule has 1 aliphatic rings. The second kappa shape index (κ2) is 9.65. The number of aryl methyl sites for hydroxylation is 2. The van der Waals surface area contributed by atoms with Crippen molar-refractivity contribution in [3.05, 3.63) is 38.0 Å². The maximum Gasteiger partial charge on any atom is 0.320 e. The Bertz CT molecular complexity index is 941. The first kappa shape index (κ1) is 21.0. The average Bonchev–Trinajstić information content (AvgIpc) is 3.22. The monoisotopic (exact) mass is 415 g/mol. The molecule has 0 radical (unpaired) electrons. The number of nitriles is 1. The van der Waals surface area contributed by atoms with E-state index in [2.05, 4.69) is 16.5 Å². The summed E-state index contributed by atoms with van der Waals surface area (Å²) in [5.41, 5.74) is 1.06. The van der Waals surface area contributed by atoms with Gasteiger partial charge in [0.15, 0.2) is 0 Å². The van der Waals surface area contributed by atoms with E-state index in [0.29, 0.717) is 10.6 Å². The van der Waals surface area contributed by atoms with Crippen LogP contribution in [0.5, 0.6) is 0 Å². The first-order valence-corrected chi connectivity index (χ1v) is 10.9. The van der Waals surface area contributed by atoms with Gasteiger partial charge in [-0.25, -0.2) is 0 Å². The fraction of sp³-hybridized carbons (Fsp3) is 0.550. The zero-order chi connectivity index (χ0) is 20.8. The standard InChI is InChI=1S/C20H25N5O3S/c1-24-18(16(13-22-24)25(27)28)19(26)23-20-15(12-21)14-10-8-6-4-2-3-5-7-9-11-17(14)29-20/h13H,2-11H2,1H3,(H,23,26). The van der Waals surface area contributed by atoms with Crippen LogP contribution in [-0.2, 0) is 19.9 Å². The first-order chi connectivity index (χ1) is 14.0. The van der Waals surface area contributed by atoms with Gasteiger partial charge in [-0.3, -0.25) is 19.6 Å². The van der Waals surface area contributed by atoms with Gasteiger partial charge in [0.1, 0.15) is 17.3 Å². The SMILES string of the molecule is Cn1ncc([N+](=O)[O-])c1C(=O)Nc1sc2c(c1C#N)CCCCCCCCCC2. The Morgan fingerprint density at radius 1 is 1.21 bits per heavy atom. The fourth-order valence-corrected chi connectivity index (χ4v) is 5.05. The number of hydrogen-bond donors (Lipinski definition) is 1. The number of anilines is 1. The molecular weight excluding hydrogens is 390 g/mol. The minimum absolute atomic E-state index is 0.124. The van der Waals surface area contributed by atoms with E-state index in [1.54, 1.807) is 0 Å². The van der Waals surface area contributed by atoms with Gasteiger partial charge in [-0.15, -0.1) is 11.3 Å². The van der Waals surface area contributed by atoms with E-state index in [4.69, 9.17) is 0 Å². The van der Waals surface area contributed by atoms with Crippen molar-refractivity contribution < 1.29 is 9.72 Å². The van der Waals surface area contributed by atoms with Crippen LogP contribution in [0.25, 0.3) is 0 Å². The molecule has 2 aromatic heterocycles. The van der Waals surface area contributed by atoms with E-state index in [0.717, 1.165) is 48.7 Å². The third kappa shape index (κ3) is 4.82. The number of hydrogen-bond acceptors (Lipinski definition) is 6. The number of carbonyl (C=O) groups excluding carboxylic acids is 1. The van der Waals surface area contributed by atoms with Crippen molar-refractivity contribution in [1.29, 1.82) is 5.26 Å². The molecule has 0 saturated carbocycles.